The van der Waals surface area contributed by atoms with Crippen LogP contribution in [0.3, 0.4) is 0 Å². The molecule has 1 aromatic carbocycles. The molecule has 2 aromatic heterocycles. The number of thioether (sulfide) groups is 1. The number of H-pyrrole nitrogens is 1. The van der Waals surface area contributed by atoms with Crippen molar-refractivity contribution >= 4 is 74.9 Å². The Hall–Kier alpha value is -5.06. The van der Waals surface area contributed by atoms with Crippen LogP contribution in [0.2, 0.25) is 4.34 Å². The lowest BCUT2D eigenvalue weighted by Gasteiger charge is -2.50. The number of carbonyl (C=O) groups excluding carboxylic acids is 4. The second kappa shape index (κ2) is 15.5. The molecule has 6 rings (SSSR count). The van der Waals surface area contributed by atoms with Gasteiger partial charge in [0.25, 0.3) is 17.7 Å². The number of carbonyl (C=O) groups is 4. The minimum atomic E-state index is -1.18. The van der Waals surface area contributed by atoms with E-state index < -0.39 is 64.2 Å². The summed E-state index contributed by atoms with van der Waals surface area (Å²) in [6.07, 6.45) is 0.691. The van der Waals surface area contributed by atoms with E-state index in [1.807, 2.05) is 0 Å². The van der Waals surface area contributed by atoms with Gasteiger partial charge in [-0.15, -0.1) is 22.0 Å². The molecular formula is C30H34ClFN11O8S2+. The number of phenolic OH excluding ortho intramolecular Hbond substituents is 2. The summed E-state index contributed by atoms with van der Waals surface area (Å²) in [5.41, 5.74) is 6.48. The number of thiazole rings is 1. The number of tetrazole rings is 1. The number of hydrogen-bond acceptors (Lipinski definition) is 16. The van der Waals surface area contributed by atoms with Crippen molar-refractivity contribution in [2.24, 2.45) is 5.16 Å². The maximum atomic E-state index is 13.9. The fourth-order valence-electron chi connectivity index (χ4n) is 6.38. The summed E-state index contributed by atoms with van der Waals surface area (Å²) in [6, 6.07) is 0.824. The summed E-state index contributed by atoms with van der Waals surface area (Å²) >= 11 is 8.61. The Morgan fingerprint density at radius 2 is 2.04 bits per heavy atom. The number of aromatic nitrogens is 5. The highest BCUT2D eigenvalue weighted by Crippen LogP contribution is 2.44. The summed E-state index contributed by atoms with van der Waals surface area (Å²) in [5.74, 6) is -4.81. The van der Waals surface area contributed by atoms with Crippen molar-refractivity contribution < 1.29 is 47.8 Å². The number of fused-ring (bicyclic) bond motifs is 1. The number of phenols is 2. The molecule has 0 bridgehead atoms. The Bertz CT molecular complexity index is 1970. The smallest absolute Gasteiger partial charge is 0.349 e. The molecule has 3 atom stereocenters. The van der Waals surface area contributed by atoms with Crippen LogP contribution in [0.4, 0.5) is 9.52 Å². The molecule has 0 spiro atoms. The third-order valence-corrected chi connectivity index (χ3v) is 11.4. The molecule has 0 radical (unpaired) electrons. The number of anilines is 1. The minimum Gasteiger partial charge on any atom is -0.504 e. The number of rotatable bonds is 13. The Labute approximate surface area is 313 Å². The van der Waals surface area contributed by atoms with Crippen LogP contribution < -0.4 is 16.4 Å². The van der Waals surface area contributed by atoms with Crippen LogP contribution in [0.1, 0.15) is 41.6 Å². The number of aromatic amines is 1. The lowest BCUT2D eigenvalue weighted by Crippen LogP contribution is -2.70. The van der Waals surface area contributed by atoms with E-state index in [0.29, 0.717) is 29.0 Å². The molecule has 1 unspecified atom stereocenters. The number of oxime groups is 1. The number of ether oxygens (including phenoxy) is 1. The molecule has 0 aliphatic carbocycles. The molecule has 3 amide bonds. The van der Waals surface area contributed by atoms with E-state index in [9.17, 15) is 33.8 Å². The topological polar surface area (TPSA) is 260 Å². The van der Waals surface area contributed by atoms with Crippen molar-refractivity contribution in [2.75, 3.05) is 51.3 Å². The van der Waals surface area contributed by atoms with Crippen LogP contribution in [0.25, 0.3) is 5.70 Å². The van der Waals surface area contributed by atoms with Crippen molar-refractivity contribution in [1.82, 2.24) is 41.1 Å². The van der Waals surface area contributed by atoms with E-state index in [0.717, 1.165) is 55.0 Å². The summed E-state index contributed by atoms with van der Waals surface area (Å²) in [7, 11) is 1.17. The third-order valence-electron chi connectivity index (χ3n) is 8.99. The van der Waals surface area contributed by atoms with Crippen molar-refractivity contribution in [3.63, 3.8) is 0 Å². The van der Waals surface area contributed by atoms with Crippen molar-refractivity contribution in [3.05, 3.63) is 44.9 Å². The van der Waals surface area contributed by atoms with Crippen molar-refractivity contribution in [3.8, 4) is 11.5 Å². The fourth-order valence-corrected chi connectivity index (χ4v) is 8.64. The average molecular weight is 795 g/mol. The maximum absolute atomic E-state index is 13.9. The first kappa shape index (κ1) is 37.7. The quantitative estimate of drug-likeness (QED) is 0.0346. The van der Waals surface area contributed by atoms with Crippen molar-refractivity contribution in [2.45, 2.75) is 37.3 Å². The number of quaternary nitrogens is 1. The number of nitrogens with one attached hydrogen (secondary N) is 3. The van der Waals surface area contributed by atoms with Crippen molar-refractivity contribution in [1.29, 1.82) is 0 Å². The highest BCUT2D eigenvalue weighted by molar-refractivity contribution is 8.00. The number of methoxy groups -OCH3 is 1. The lowest BCUT2D eigenvalue weighted by atomic mass is 10.0. The number of halogens is 2. The van der Waals surface area contributed by atoms with Crippen LogP contribution >= 0.6 is 34.7 Å². The number of nitrogens with two attached hydrogens (primary N) is 1. The monoisotopic (exact) mass is 794 g/mol. The number of amides is 3. The van der Waals surface area contributed by atoms with Gasteiger partial charge in [-0.25, -0.2) is 14.2 Å². The minimum absolute atomic E-state index is 0.0402. The normalized spacial score (nSPS) is 20.0. The van der Waals surface area contributed by atoms with Crippen LogP contribution in [0.15, 0.2) is 22.9 Å². The van der Waals surface area contributed by atoms with Gasteiger partial charge in [0.05, 0.1) is 39.0 Å². The number of aromatic hydroxyl groups is 2. The van der Waals surface area contributed by atoms with Gasteiger partial charge in [0.15, 0.2) is 28.2 Å². The van der Waals surface area contributed by atoms with Gasteiger partial charge in [-0.3, -0.25) is 19.3 Å². The average Bonchev–Trinajstić information content (AvgIpc) is 3.91. The van der Waals surface area contributed by atoms with Crippen LogP contribution in [-0.2, 0) is 24.0 Å². The van der Waals surface area contributed by atoms with E-state index in [2.05, 4.69) is 46.1 Å². The molecule has 23 heteroatoms. The standard InChI is InChI=1S/C30H33ClFN11O8S2/c1-13(29(49)50-2)51-39-19(18-23(31)53-30(33)36-18)26(47)35-20-27(48)42-21(24-37-40-41-38-24)15(12-52-28(20)42)11-43(6-3-4-7-43)8-5-34-25(46)14-9-16(32)22(45)17(44)10-14/h9-10,13,20,28H,3-8,11-12H2,1-2H3,(H6-,33,34,35,36,37,38,39,40,41,44,45,46,47)/p+1/t13?,20-,28-/m1/s1. The number of benzene rings is 1. The molecule has 282 valence electrons. The summed E-state index contributed by atoms with van der Waals surface area (Å²) in [5, 5.41) is 42.5. The first-order chi connectivity index (χ1) is 25.3. The molecule has 2 saturated heterocycles. The van der Waals surface area contributed by atoms with E-state index in [4.69, 9.17) is 22.2 Å². The zero-order chi connectivity index (χ0) is 38.0. The predicted octanol–water partition coefficient (Wildman–Crippen LogP) is 0.576. The Morgan fingerprint density at radius 3 is 2.68 bits per heavy atom. The summed E-state index contributed by atoms with van der Waals surface area (Å²) < 4.78 is 19.2. The van der Waals surface area contributed by atoms with Gasteiger partial charge in [-0.1, -0.05) is 28.1 Å². The maximum Gasteiger partial charge on any atom is 0.349 e. The Kier molecular flexibility index (Phi) is 11.0. The van der Waals surface area contributed by atoms with Gasteiger partial charge in [0.1, 0.15) is 28.0 Å². The van der Waals surface area contributed by atoms with E-state index in [-0.39, 0.29) is 33.1 Å². The van der Waals surface area contributed by atoms with Crippen LogP contribution in [-0.4, -0.2) is 138 Å². The molecule has 0 saturated carbocycles. The molecule has 53 heavy (non-hydrogen) atoms. The van der Waals surface area contributed by atoms with E-state index in [1.165, 1.54) is 30.7 Å². The zero-order valence-corrected chi connectivity index (χ0v) is 30.6. The molecule has 19 nitrogen and oxygen atoms in total. The zero-order valence-electron chi connectivity index (χ0n) is 28.2. The van der Waals surface area contributed by atoms with Gasteiger partial charge in [-0.2, -0.15) is 5.21 Å². The number of β-lactam (4-membered cyclic amide) rings is 1. The molecule has 3 aliphatic rings. The fraction of sp³-hybridized carbons (Fsp3) is 0.433. The number of hydrogen-bond donors (Lipinski definition) is 6. The van der Waals surface area contributed by atoms with E-state index >= 15 is 0 Å². The molecule has 5 heterocycles. The number of likely N-dealkylation sites (tertiary alicyclic amines) is 1. The lowest BCUT2D eigenvalue weighted by molar-refractivity contribution is -0.911. The largest absolute Gasteiger partial charge is 0.504 e. The highest BCUT2D eigenvalue weighted by atomic mass is 35.5. The first-order valence-corrected chi connectivity index (χ1v) is 18.4. The molecule has 3 aromatic rings. The second-order valence-electron chi connectivity index (χ2n) is 12.4. The molecule has 3 aliphatic heterocycles. The summed E-state index contributed by atoms with van der Waals surface area (Å²) in [6.45, 7) is 4.16. The first-order valence-electron chi connectivity index (χ1n) is 16.1. The number of esters is 1. The van der Waals surface area contributed by atoms with Gasteiger partial charge < -0.3 is 40.6 Å². The van der Waals surface area contributed by atoms with Gasteiger partial charge in [0, 0.05) is 29.7 Å². The third kappa shape index (κ3) is 7.70. The molecule has 2 fully saturated rings. The number of nitrogen functional groups attached to an aromatic ring is 1. The second-order valence-corrected chi connectivity index (χ2v) is 15.1. The van der Waals surface area contributed by atoms with Crippen LogP contribution in [0, 0.1) is 5.82 Å². The van der Waals surface area contributed by atoms with Gasteiger partial charge in [0.2, 0.25) is 11.9 Å². The summed E-state index contributed by atoms with van der Waals surface area (Å²) in [4.78, 5) is 62.9. The Balaban J connectivity index is 1.19. The van der Waals surface area contributed by atoms with Gasteiger partial charge >= 0.3 is 5.97 Å². The van der Waals surface area contributed by atoms with Gasteiger partial charge in [-0.05, 0) is 24.3 Å². The highest BCUT2D eigenvalue weighted by Gasteiger charge is 2.55. The predicted molar refractivity (Wildman–Crippen MR) is 188 cm³/mol. The molecule has 7 N–H and O–H groups in total. The number of nitrogens with zero attached hydrogens (tertiary/aromatic N) is 7. The Morgan fingerprint density at radius 1 is 1.28 bits per heavy atom. The molecular weight excluding hydrogens is 761 g/mol. The van der Waals surface area contributed by atoms with E-state index in [1.54, 1.807) is 0 Å². The van der Waals surface area contributed by atoms with Crippen LogP contribution in [0.5, 0.6) is 11.5 Å². The SMILES string of the molecule is COC(=O)C(C)O/N=C(\C(=O)N[C@@H]1C(=O)N2C(c3nn[nH]n3)=C(C[N+]3(CCNC(=O)c4cc(O)c(O)c(F)c4)CCCC3)CS[C@H]12)c1nc(N)sc1Cl.